The Morgan fingerprint density at radius 2 is 1.04 bits per heavy atom. The summed E-state index contributed by atoms with van der Waals surface area (Å²) in [5, 5.41) is 12.3. The predicted octanol–water partition coefficient (Wildman–Crippen LogP) is 11.7. The van der Waals surface area contributed by atoms with Gasteiger partial charge in [-0.2, -0.15) is 5.26 Å². The minimum Gasteiger partial charge on any atom is -0.192 e. The maximum absolute atomic E-state index is 9.65. The van der Waals surface area contributed by atoms with Crippen molar-refractivity contribution in [3.8, 4) is 72.8 Å². The third-order valence-corrected chi connectivity index (χ3v) is 10.0. The largest absolute Gasteiger partial charge is 0.192 e. The van der Waals surface area contributed by atoms with E-state index in [1.165, 1.54) is 88.7 Å². The molecular weight excluding hydrogens is 542 g/mol. The maximum Gasteiger partial charge on any atom is 0.0991 e. The first kappa shape index (κ1) is 25.8. The number of nitriles is 1. The average Bonchev–Trinajstić information content (AvgIpc) is 3.54. The van der Waals surface area contributed by atoms with Crippen molar-refractivity contribution >= 4 is 10.8 Å². The summed E-state index contributed by atoms with van der Waals surface area (Å²) < 4.78 is 0. The number of benzene rings is 7. The SMILES string of the molecule is CC1(C)c2cc(C#N)ccc2-c2ccc(-c3cc(-c4ccccc4)c4c(c3-c3ccccc3)-c3cccc5cccc-4c35)cc21. The summed E-state index contributed by atoms with van der Waals surface area (Å²) in [5.74, 6) is 0. The summed E-state index contributed by atoms with van der Waals surface area (Å²) in [6.07, 6.45) is 0. The Kier molecular flexibility index (Phi) is 5.38. The van der Waals surface area contributed by atoms with Gasteiger partial charge in [-0.15, -0.1) is 0 Å². The topological polar surface area (TPSA) is 23.8 Å². The Bertz CT molecular complexity index is 2380. The van der Waals surface area contributed by atoms with Crippen LogP contribution < -0.4 is 0 Å². The highest BCUT2D eigenvalue weighted by Gasteiger charge is 2.36. The molecule has 0 radical (unpaired) electrons. The van der Waals surface area contributed by atoms with E-state index in [9.17, 15) is 5.26 Å². The second-order valence-electron chi connectivity index (χ2n) is 12.8. The molecule has 0 heterocycles. The van der Waals surface area contributed by atoms with Gasteiger partial charge in [-0.05, 0) is 113 Å². The van der Waals surface area contributed by atoms with Gasteiger partial charge in [0.05, 0.1) is 11.6 Å². The van der Waals surface area contributed by atoms with E-state index in [1.807, 2.05) is 6.07 Å². The van der Waals surface area contributed by atoms with Gasteiger partial charge in [-0.1, -0.05) is 129 Å². The Labute approximate surface area is 263 Å². The van der Waals surface area contributed by atoms with Crippen molar-refractivity contribution < 1.29 is 0 Å². The summed E-state index contributed by atoms with van der Waals surface area (Å²) in [6, 6.07) is 53.1. The van der Waals surface area contributed by atoms with Crippen LogP contribution >= 0.6 is 0 Å². The van der Waals surface area contributed by atoms with E-state index in [-0.39, 0.29) is 5.41 Å². The molecule has 1 nitrogen and oxygen atoms in total. The number of fused-ring (bicyclic) bond motifs is 6. The fourth-order valence-corrected chi connectivity index (χ4v) is 7.94. The van der Waals surface area contributed by atoms with E-state index in [1.54, 1.807) is 0 Å². The lowest BCUT2D eigenvalue weighted by atomic mass is 9.79. The molecule has 45 heavy (non-hydrogen) atoms. The first-order chi connectivity index (χ1) is 22.0. The fraction of sp³-hybridized carbons (Fsp3) is 0.0682. The first-order valence-electron chi connectivity index (χ1n) is 15.6. The van der Waals surface area contributed by atoms with Crippen LogP contribution in [0.4, 0.5) is 0 Å². The second-order valence-corrected chi connectivity index (χ2v) is 12.8. The van der Waals surface area contributed by atoms with Gasteiger partial charge in [0.2, 0.25) is 0 Å². The van der Waals surface area contributed by atoms with Crippen molar-refractivity contribution in [2.24, 2.45) is 0 Å². The van der Waals surface area contributed by atoms with Crippen molar-refractivity contribution in [2.75, 3.05) is 0 Å². The highest BCUT2D eigenvalue weighted by atomic mass is 14.4. The molecule has 0 unspecified atom stereocenters. The van der Waals surface area contributed by atoms with E-state index in [0.29, 0.717) is 5.56 Å². The predicted molar refractivity (Wildman–Crippen MR) is 187 cm³/mol. The van der Waals surface area contributed by atoms with Gasteiger partial charge in [-0.25, -0.2) is 0 Å². The smallest absolute Gasteiger partial charge is 0.0991 e. The van der Waals surface area contributed by atoms with Crippen LogP contribution in [0.15, 0.2) is 140 Å². The summed E-state index contributed by atoms with van der Waals surface area (Å²) in [4.78, 5) is 0. The van der Waals surface area contributed by atoms with E-state index in [4.69, 9.17) is 0 Å². The molecule has 0 amide bonds. The molecule has 0 saturated heterocycles. The molecule has 0 saturated carbocycles. The molecule has 0 bridgehead atoms. The van der Waals surface area contributed by atoms with Crippen LogP contribution in [0.1, 0.15) is 30.5 Å². The van der Waals surface area contributed by atoms with Crippen molar-refractivity contribution in [3.05, 3.63) is 156 Å². The molecule has 210 valence electrons. The van der Waals surface area contributed by atoms with E-state index < -0.39 is 0 Å². The molecule has 7 aromatic carbocycles. The standard InChI is InChI=1S/C44H29N/c1-44(2)38-23-27(26-45)19-21-32(38)33-22-20-31(24-39(33)44)37-25-36(28-11-5-3-6-12-28)42-34-17-9-15-29-16-10-18-35(40(29)34)43(42)41(37)30-13-7-4-8-14-30/h3-25H,1-2H3. The summed E-state index contributed by atoms with van der Waals surface area (Å²) in [7, 11) is 0. The van der Waals surface area contributed by atoms with E-state index in [0.717, 1.165) is 0 Å². The lowest BCUT2D eigenvalue weighted by molar-refractivity contribution is 0.660. The second kappa shape index (κ2) is 9.39. The Hall–Kier alpha value is -5.71. The molecule has 0 N–H and O–H groups in total. The zero-order valence-corrected chi connectivity index (χ0v) is 25.2. The molecule has 1 heteroatoms. The molecule has 2 aliphatic carbocycles. The van der Waals surface area contributed by atoms with E-state index in [2.05, 4.69) is 153 Å². The minimum atomic E-state index is -0.221. The van der Waals surface area contributed by atoms with Crippen LogP contribution in [-0.2, 0) is 5.41 Å². The van der Waals surface area contributed by atoms with Crippen molar-refractivity contribution in [2.45, 2.75) is 19.3 Å². The van der Waals surface area contributed by atoms with Crippen molar-refractivity contribution in [3.63, 3.8) is 0 Å². The third kappa shape index (κ3) is 3.60. The van der Waals surface area contributed by atoms with Gasteiger partial charge in [0.25, 0.3) is 0 Å². The number of rotatable bonds is 3. The molecule has 0 aromatic heterocycles. The van der Waals surface area contributed by atoms with Gasteiger partial charge in [0, 0.05) is 5.41 Å². The first-order valence-corrected chi connectivity index (χ1v) is 15.6. The summed E-state index contributed by atoms with van der Waals surface area (Å²) >= 11 is 0. The van der Waals surface area contributed by atoms with Crippen LogP contribution in [0.5, 0.6) is 0 Å². The minimum absolute atomic E-state index is 0.221. The lowest BCUT2D eigenvalue weighted by Gasteiger charge is -2.24. The van der Waals surface area contributed by atoms with Crippen LogP contribution in [0, 0.1) is 11.3 Å². The summed E-state index contributed by atoms with van der Waals surface area (Å²) in [6.45, 7) is 4.58. The average molecular weight is 572 g/mol. The fourth-order valence-electron chi connectivity index (χ4n) is 7.94. The van der Waals surface area contributed by atoms with Gasteiger partial charge < -0.3 is 0 Å². The molecule has 0 aliphatic heterocycles. The number of hydrogen-bond acceptors (Lipinski definition) is 1. The number of hydrogen-bond donors (Lipinski definition) is 0. The van der Waals surface area contributed by atoms with Gasteiger partial charge in [0.15, 0.2) is 0 Å². The Balaban J connectivity index is 1.39. The quantitative estimate of drug-likeness (QED) is 0.207. The molecule has 0 spiro atoms. The zero-order chi connectivity index (χ0) is 30.3. The highest BCUT2D eigenvalue weighted by Crippen LogP contribution is 2.58. The molecular formula is C44H29N. The number of nitrogens with zero attached hydrogens (tertiary/aromatic N) is 1. The third-order valence-electron chi connectivity index (χ3n) is 10.0. The monoisotopic (exact) mass is 571 g/mol. The lowest BCUT2D eigenvalue weighted by Crippen LogP contribution is -2.15. The van der Waals surface area contributed by atoms with Gasteiger partial charge in [-0.3, -0.25) is 0 Å². The van der Waals surface area contributed by atoms with E-state index >= 15 is 0 Å². The highest BCUT2D eigenvalue weighted by molar-refractivity contribution is 6.22. The summed E-state index contributed by atoms with van der Waals surface area (Å²) in [5.41, 5.74) is 18.1. The maximum atomic E-state index is 9.65. The van der Waals surface area contributed by atoms with Crippen LogP contribution in [-0.4, -0.2) is 0 Å². The van der Waals surface area contributed by atoms with Crippen LogP contribution in [0.3, 0.4) is 0 Å². The molecule has 9 rings (SSSR count). The Morgan fingerprint density at radius 1 is 0.444 bits per heavy atom. The molecule has 0 atom stereocenters. The molecule has 7 aromatic rings. The van der Waals surface area contributed by atoms with Crippen molar-refractivity contribution in [1.82, 2.24) is 0 Å². The Morgan fingerprint density at radius 3 is 1.73 bits per heavy atom. The van der Waals surface area contributed by atoms with Crippen molar-refractivity contribution in [1.29, 1.82) is 5.26 Å². The van der Waals surface area contributed by atoms with Crippen LogP contribution in [0.25, 0.3) is 77.5 Å². The van der Waals surface area contributed by atoms with Crippen LogP contribution in [0.2, 0.25) is 0 Å². The molecule has 2 aliphatic rings. The van der Waals surface area contributed by atoms with Gasteiger partial charge in [0.1, 0.15) is 0 Å². The zero-order valence-electron chi connectivity index (χ0n) is 25.2. The molecule has 0 fully saturated rings. The normalized spacial score (nSPS) is 13.3. The van der Waals surface area contributed by atoms with Gasteiger partial charge >= 0.3 is 0 Å².